The van der Waals surface area contributed by atoms with Gasteiger partial charge in [0.25, 0.3) is 0 Å². The molecule has 0 amide bonds. The lowest BCUT2D eigenvalue weighted by Gasteiger charge is -2.15. The SMILES string of the molecule is CCN(C)C=Nc1cc(F)cc(Cc2ccccc2C(F)(F)F)c1C. The average molecular weight is 352 g/mol. The number of hydrogen-bond acceptors (Lipinski definition) is 1. The summed E-state index contributed by atoms with van der Waals surface area (Å²) in [5.41, 5.74) is 0.987. The van der Waals surface area contributed by atoms with E-state index in [0.29, 0.717) is 16.8 Å². The fourth-order valence-corrected chi connectivity index (χ4v) is 2.44. The molecule has 0 unspecified atom stereocenters. The van der Waals surface area contributed by atoms with Gasteiger partial charge in [-0.15, -0.1) is 0 Å². The minimum Gasteiger partial charge on any atom is -0.366 e. The van der Waals surface area contributed by atoms with Crippen molar-refractivity contribution in [2.45, 2.75) is 26.4 Å². The first-order valence-electron chi connectivity index (χ1n) is 7.91. The van der Waals surface area contributed by atoms with Gasteiger partial charge in [0.1, 0.15) is 5.82 Å². The van der Waals surface area contributed by atoms with Gasteiger partial charge in [0, 0.05) is 13.6 Å². The molecule has 0 bridgehead atoms. The van der Waals surface area contributed by atoms with Crippen LogP contribution in [0.3, 0.4) is 0 Å². The molecule has 0 atom stereocenters. The van der Waals surface area contributed by atoms with Crippen LogP contribution >= 0.6 is 0 Å². The molecule has 0 radical (unpaired) electrons. The Bertz CT molecular complexity index is 767. The monoisotopic (exact) mass is 352 g/mol. The molecule has 0 heterocycles. The van der Waals surface area contributed by atoms with Gasteiger partial charge in [0.05, 0.1) is 17.6 Å². The molecule has 0 aliphatic heterocycles. The number of aliphatic imine (C=N–C) groups is 1. The van der Waals surface area contributed by atoms with Gasteiger partial charge in [-0.05, 0) is 55.2 Å². The van der Waals surface area contributed by atoms with Crippen molar-refractivity contribution in [3.05, 3.63) is 64.5 Å². The van der Waals surface area contributed by atoms with Gasteiger partial charge in [0.15, 0.2) is 0 Å². The van der Waals surface area contributed by atoms with Gasteiger partial charge in [-0.25, -0.2) is 9.38 Å². The van der Waals surface area contributed by atoms with Crippen LogP contribution in [0.5, 0.6) is 0 Å². The van der Waals surface area contributed by atoms with E-state index < -0.39 is 17.6 Å². The van der Waals surface area contributed by atoms with Crippen LogP contribution in [0.4, 0.5) is 23.2 Å². The second-order valence-electron chi connectivity index (χ2n) is 5.86. The quantitative estimate of drug-likeness (QED) is 0.402. The topological polar surface area (TPSA) is 15.6 Å². The lowest BCUT2D eigenvalue weighted by Crippen LogP contribution is -2.14. The summed E-state index contributed by atoms with van der Waals surface area (Å²) < 4.78 is 53.4. The van der Waals surface area contributed by atoms with Crippen LogP contribution in [0.15, 0.2) is 41.4 Å². The van der Waals surface area contributed by atoms with Crippen LogP contribution in [0.1, 0.15) is 29.2 Å². The molecule has 25 heavy (non-hydrogen) atoms. The van der Waals surface area contributed by atoms with E-state index in [9.17, 15) is 17.6 Å². The molecule has 0 fully saturated rings. The van der Waals surface area contributed by atoms with Crippen LogP contribution in [0.25, 0.3) is 0 Å². The number of rotatable bonds is 5. The van der Waals surface area contributed by atoms with Crippen LogP contribution in [-0.2, 0) is 12.6 Å². The maximum Gasteiger partial charge on any atom is 0.416 e. The molecule has 0 aromatic heterocycles. The van der Waals surface area contributed by atoms with E-state index in [1.54, 1.807) is 19.3 Å². The molecule has 2 nitrogen and oxygen atoms in total. The standard InChI is InChI=1S/C19H20F4N2/c1-4-25(3)12-24-18-11-16(20)10-15(13(18)2)9-14-7-5-6-8-17(14)19(21,22)23/h5-8,10-12H,4,9H2,1-3H3. The van der Waals surface area contributed by atoms with Crippen molar-refractivity contribution in [3.63, 3.8) is 0 Å². The highest BCUT2D eigenvalue weighted by Crippen LogP contribution is 2.34. The van der Waals surface area contributed by atoms with Crippen LogP contribution in [-0.4, -0.2) is 24.8 Å². The van der Waals surface area contributed by atoms with E-state index in [0.717, 1.165) is 12.6 Å². The Kier molecular flexibility index (Phi) is 5.82. The van der Waals surface area contributed by atoms with E-state index in [4.69, 9.17) is 0 Å². The molecule has 6 heteroatoms. The first-order chi connectivity index (χ1) is 11.7. The highest BCUT2D eigenvalue weighted by molar-refractivity contribution is 5.64. The Morgan fingerprint density at radius 1 is 1.12 bits per heavy atom. The van der Waals surface area contributed by atoms with Gasteiger partial charge < -0.3 is 4.90 Å². The van der Waals surface area contributed by atoms with Gasteiger partial charge in [-0.1, -0.05) is 18.2 Å². The number of halogens is 4. The zero-order chi connectivity index (χ0) is 18.6. The third-order valence-corrected chi connectivity index (χ3v) is 4.05. The highest BCUT2D eigenvalue weighted by atomic mass is 19.4. The molecule has 134 valence electrons. The zero-order valence-corrected chi connectivity index (χ0v) is 14.4. The van der Waals surface area contributed by atoms with Crippen LogP contribution < -0.4 is 0 Å². The minimum atomic E-state index is -4.44. The first-order valence-corrected chi connectivity index (χ1v) is 7.91. The molecule has 0 spiro atoms. The van der Waals surface area contributed by atoms with E-state index >= 15 is 0 Å². The van der Waals surface area contributed by atoms with Crippen molar-refractivity contribution < 1.29 is 17.6 Å². The maximum atomic E-state index is 13.9. The van der Waals surface area contributed by atoms with Gasteiger partial charge in [0.2, 0.25) is 0 Å². The normalized spacial score (nSPS) is 12.0. The summed E-state index contributed by atoms with van der Waals surface area (Å²) in [5.74, 6) is -0.517. The summed E-state index contributed by atoms with van der Waals surface area (Å²) >= 11 is 0. The van der Waals surface area contributed by atoms with Crippen molar-refractivity contribution >= 4 is 12.0 Å². The lowest BCUT2D eigenvalue weighted by molar-refractivity contribution is -0.138. The Morgan fingerprint density at radius 2 is 1.80 bits per heavy atom. The maximum absolute atomic E-state index is 13.9. The average Bonchev–Trinajstić information content (AvgIpc) is 2.55. The first kappa shape index (κ1) is 19.0. The molecule has 2 rings (SSSR count). The molecule has 0 saturated heterocycles. The fraction of sp³-hybridized carbons (Fsp3) is 0.316. The molecule has 0 aliphatic carbocycles. The Labute approximate surface area is 144 Å². The van der Waals surface area contributed by atoms with Gasteiger partial charge >= 0.3 is 6.18 Å². The molecular formula is C19H20F4N2. The largest absolute Gasteiger partial charge is 0.416 e. The Balaban J connectivity index is 2.42. The molecule has 0 saturated carbocycles. The summed E-state index contributed by atoms with van der Waals surface area (Å²) in [4.78, 5) is 6.07. The summed E-state index contributed by atoms with van der Waals surface area (Å²) in [6.07, 6.45) is -2.87. The predicted molar refractivity (Wildman–Crippen MR) is 91.8 cm³/mol. The Hall–Kier alpha value is -2.37. The molecule has 0 aliphatic rings. The number of alkyl halides is 3. The second kappa shape index (κ2) is 7.68. The van der Waals surface area contributed by atoms with Gasteiger partial charge in [-0.3, -0.25) is 0 Å². The molecular weight excluding hydrogens is 332 g/mol. The van der Waals surface area contributed by atoms with Crippen molar-refractivity contribution in [1.29, 1.82) is 0 Å². The molecule has 2 aromatic carbocycles. The van der Waals surface area contributed by atoms with Crippen molar-refractivity contribution in [2.24, 2.45) is 4.99 Å². The summed E-state index contributed by atoms with van der Waals surface area (Å²) in [5, 5.41) is 0. The number of hydrogen-bond donors (Lipinski definition) is 0. The van der Waals surface area contributed by atoms with Crippen LogP contribution in [0, 0.1) is 12.7 Å². The number of nitrogens with zero attached hydrogens (tertiary/aromatic N) is 2. The minimum absolute atomic E-state index is 0.00852. The van der Waals surface area contributed by atoms with Crippen molar-refractivity contribution in [2.75, 3.05) is 13.6 Å². The number of benzene rings is 2. The molecule has 0 N–H and O–H groups in total. The third kappa shape index (κ3) is 4.81. The molecule has 2 aromatic rings. The van der Waals surface area contributed by atoms with Crippen molar-refractivity contribution in [3.8, 4) is 0 Å². The second-order valence-corrected chi connectivity index (χ2v) is 5.86. The van der Waals surface area contributed by atoms with Crippen LogP contribution in [0.2, 0.25) is 0 Å². The highest BCUT2D eigenvalue weighted by Gasteiger charge is 2.32. The van der Waals surface area contributed by atoms with E-state index in [-0.39, 0.29) is 12.0 Å². The fourth-order valence-electron chi connectivity index (χ4n) is 2.44. The van der Waals surface area contributed by atoms with Crippen molar-refractivity contribution in [1.82, 2.24) is 4.90 Å². The van der Waals surface area contributed by atoms with E-state index in [2.05, 4.69) is 4.99 Å². The lowest BCUT2D eigenvalue weighted by atomic mass is 9.95. The Morgan fingerprint density at radius 3 is 2.44 bits per heavy atom. The zero-order valence-electron chi connectivity index (χ0n) is 14.4. The predicted octanol–water partition coefficient (Wildman–Crippen LogP) is 5.36. The summed E-state index contributed by atoms with van der Waals surface area (Å²) in [6.45, 7) is 4.43. The van der Waals surface area contributed by atoms with Gasteiger partial charge in [-0.2, -0.15) is 13.2 Å². The third-order valence-electron chi connectivity index (χ3n) is 4.05. The van der Waals surface area contributed by atoms with E-state index in [1.807, 2.05) is 18.9 Å². The van der Waals surface area contributed by atoms with E-state index in [1.165, 1.54) is 24.3 Å². The summed E-state index contributed by atoms with van der Waals surface area (Å²) in [7, 11) is 1.83. The smallest absolute Gasteiger partial charge is 0.366 e. The summed E-state index contributed by atoms with van der Waals surface area (Å²) in [6, 6.07) is 7.91.